The van der Waals surface area contributed by atoms with E-state index in [1.165, 1.54) is 12.1 Å². The monoisotopic (exact) mass is 418 g/mol. The fourth-order valence-corrected chi connectivity index (χ4v) is 3.13. The van der Waals surface area contributed by atoms with Crippen LogP contribution in [0.3, 0.4) is 0 Å². The van der Waals surface area contributed by atoms with Crippen LogP contribution in [0.1, 0.15) is 28.4 Å². The van der Waals surface area contributed by atoms with Gasteiger partial charge in [0.05, 0.1) is 11.3 Å². The minimum absolute atomic E-state index is 0.00790. The molecule has 0 aliphatic heterocycles. The van der Waals surface area contributed by atoms with Crippen LogP contribution in [0.5, 0.6) is 0 Å². The normalized spacial score (nSPS) is 11.4. The molecule has 7 heteroatoms. The third-order valence-electron chi connectivity index (χ3n) is 4.79. The standard InChI is InChI=1S/C24H22N2O5/c1-16-12-13-20(21(14-16)26(29)30)25-24(28)23(18-9-4-3-5-10-18)31-22(27)15-19-11-7-6-8-17(19)2/h3-14,23H,15H2,1-2H3,(H,25,28). The number of hydrogen-bond donors (Lipinski definition) is 1. The van der Waals surface area contributed by atoms with Crippen molar-refractivity contribution < 1.29 is 19.2 Å². The smallest absolute Gasteiger partial charge is 0.311 e. The molecule has 0 heterocycles. The zero-order chi connectivity index (χ0) is 22.4. The van der Waals surface area contributed by atoms with Gasteiger partial charge in [0, 0.05) is 11.6 Å². The lowest BCUT2D eigenvalue weighted by Gasteiger charge is -2.18. The second-order valence-corrected chi connectivity index (χ2v) is 7.15. The molecule has 0 bridgehead atoms. The third kappa shape index (κ3) is 5.54. The van der Waals surface area contributed by atoms with Crippen molar-refractivity contribution in [1.82, 2.24) is 0 Å². The number of anilines is 1. The Labute approximate surface area is 179 Å². The van der Waals surface area contributed by atoms with Crippen molar-refractivity contribution in [3.8, 4) is 0 Å². The summed E-state index contributed by atoms with van der Waals surface area (Å²) in [6, 6.07) is 20.4. The molecule has 0 fully saturated rings. The Morgan fingerprint density at radius 3 is 2.35 bits per heavy atom. The first-order chi connectivity index (χ1) is 14.8. The molecule has 0 saturated carbocycles. The van der Waals surface area contributed by atoms with Crippen LogP contribution in [-0.2, 0) is 20.7 Å². The largest absolute Gasteiger partial charge is 0.447 e. The van der Waals surface area contributed by atoms with Crippen molar-refractivity contribution in [3.63, 3.8) is 0 Å². The molecule has 3 rings (SSSR count). The molecule has 158 valence electrons. The van der Waals surface area contributed by atoms with E-state index in [0.717, 1.165) is 11.1 Å². The predicted octanol–water partition coefficient (Wildman–Crippen LogP) is 4.68. The predicted molar refractivity (Wildman–Crippen MR) is 117 cm³/mol. The number of esters is 1. The van der Waals surface area contributed by atoms with E-state index in [-0.39, 0.29) is 17.8 Å². The number of hydrogen-bond acceptors (Lipinski definition) is 5. The fraction of sp³-hybridized carbons (Fsp3) is 0.167. The van der Waals surface area contributed by atoms with Gasteiger partial charge in [0.1, 0.15) is 5.69 Å². The summed E-state index contributed by atoms with van der Waals surface area (Å²) < 4.78 is 5.53. The molecular weight excluding hydrogens is 396 g/mol. The number of nitro benzene ring substituents is 1. The first-order valence-electron chi connectivity index (χ1n) is 9.70. The molecule has 0 aliphatic rings. The highest BCUT2D eigenvalue weighted by molar-refractivity contribution is 5.97. The van der Waals surface area contributed by atoms with Gasteiger partial charge in [0.15, 0.2) is 0 Å². The number of rotatable bonds is 7. The number of aryl methyl sites for hydroxylation is 2. The molecule has 3 aromatic rings. The van der Waals surface area contributed by atoms with Gasteiger partial charge in [-0.15, -0.1) is 0 Å². The van der Waals surface area contributed by atoms with Crippen molar-refractivity contribution in [2.45, 2.75) is 26.4 Å². The van der Waals surface area contributed by atoms with E-state index in [1.54, 1.807) is 43.3 Å². The van der Waals surface area contributed by atoms with Gasteiger partial charge in [-0.25, -0.2) is 0 Å². The first kappa shape index (κ1) is 21.7. The molecule has 0 saturated heterocycles. The summed E-state index contributed by atoms with van der Waals surface area (Å²) in [7, 11) is 0. The highest BCUT2D eigenvalue weighted by atomic mass is 16.6. The van der Waals surface area contributed by atoms with Crippen LogP contribution in [0.15, 0.2) is 72.8 Å². The Balaban J connectivity index is 1.84. The van der Waals surface area contributed by atoms with Crippen LogP contribution in [0.4, 0.5) is 11.4 Å². The minimum Gasteiger partial charge on any atom is -0.447 e. The number of nitro groups is 1. The Kier molecular flexibility index (Phi) is 6.77. The lowest BCUT2D eigenvalue weighted by molar-refractivity contribution is -0.384. The molecule has 1 N–H and O–H groups in total. The molecule has 1 amide bonds. The topological polar surface area (TPSA) is 98.5 Å². The average Bonchev–Trinajstić information content (AvgIpc) is 2.75. The lowest BCUT2D eigenvalue weighted by Crippen LogP contribution is -2.27. The maximum absolute atomic E-state index is 13.0. The summed E-state index contributed by atoms with van der Waals surface area (Å²) in [5.74, 6) is -1.24. The fourth-order valence-electron chi connectivity index (χ4n) is 3.13. The van der Waals surface area contributed by atoms with Crippen LogP contribution in [0.25, 0.3) is 0 Å². The van der Waals surface area contributed by atoms with Gasteiger partial charge in [-0.05, 0) is 36.6 Å². The van der Waals surface area contributed by atoms with Crippen LogP contribution in [0.2, 0.25) is 0 Å². The second kappa shape index (κ2) is 9.67. The molecule has 0 aliphatic carbocycles. The van der Waals surface area contributed by atoms with Gasteiger partial charge in [0.2, 0.25) is 6.10 Å². The van der Waals surface area contributed by atoms with Crippen LogP contribution < -0.4 is 5.32 Å². The van der Waals surface area contributed by atoms with E-state index in [2.05, 4.69) is 5.32 Å². The molecule has 31 heavy (non-hydrogen) atoms. The molecule has 0 aromatic heterocycles. The second-order valence-electron chi connectivity index (χ2n) is 7.15. The lowest BCUT2D eigenvalue weighted by atomic mass is 10.1. The van der Waals surface area contributed by atoms with Crippen molar-refractivity contribution in [1.29, 1.82) is 0 Å². The Morgan fingerprint density at radius 1 is 1.00 bits per heavy atom. The van der Waals surface area contributed by atoms with Gasteiger partial charge in [-0.2, -0.15) is 0 Å². The number of carbonyl (C=O) groups excluding carboxylic acids is 2. The van der Waals surface area contributed by atoms with Crippen LogP contribution in [0, 0.1) is 24.0 Å². The molecule has 1 unspecified atom stereocenters. The highest BCUT2D eigenvalue weighted by Gasteiger charge is 2.27. The summed E-state index contributed by atoms with van der Waals surface area (Å²) in [6.45, 7) is 3.61. The number of nitrogens with zero attached hydrogens (tertiary/aromatic N) is 1. The van der Waals surface area contributed by atoms with Crippen molar-refractivity contribution >= 4 is 23.3 Å². The summed E-state index contributed by atoms with van der Waals surface area (Å²) in [5.41, 5.74) is 2.70. The number of amides is 1. The average molecular weight is 418 g/mol. The maximum atomic E-state index is 13.0. The van der Waals surface area contributed by atoms with E-state index in [1.807, 2.05) is 31.2 Å². The van der Waals surface area contributed by atoms with Gasteiger partial charge < -0.3 is 10.1 Å². The van der Waals surface area contributed by atoms with E-state index < -0.39 is 22.9 Å². The number of benzene rings is 3. The van der Waals surface area contributed by atoms with Crippen LogP contribution in [-0.4, -0.2) is 16.8 Å². The van der Waals surface area contributed by atoms with Crippen molar-refractivity contribution in [3.05, 3.63) is 105 Å². The zero-order valence-corrected chi connectivity index (χ0v) is 17.2. The third-order valence-corrected chi connectivity index (χ3v) is 4.79. The Morgan fingerprint density at radius 2 is 1.68 bits per heavy atom. The Bertz CT molecular complexity index is 1110. The summed E-state index contributed by atoms with van der Waals surface area (Å²) in [5, 5.41) is 13.9. The van der Waals surface area contributed by atoms with E-state index in [4.69, 9.17) is 4.74 Å². The molecule has 0 radical (unpaired) electrons. The van der Waals surface area contributed by atoms with Crippen molar-refractivity contribution in [2.24, 2.45) is 0 Å². The quantitative estimate of drug-likeness (QED) is 0.341. The van der Waals surface area contributed by atoms with E-state index in [0.29, 0.717) is 11.1 Å². The number of nitrogens with one attached hydrogen (secondary N) is 1. The molecular formula is C24H22N2O5. The Hall–Kier alpha value is -4.00. The van der Waals surface area contributed by atoms with E-state index >= 15 is 0 Å². The van der Waals surface area contributed by atoms with E-state index in [9.17, 15) is 19.7 Å². The minimum atomic E-state index is -1.25. The zero-order valence-electron chi connectivity index (χ0n) is 17.2. The number of ether oxygens (including phenoxy) is 1. The van der Waals surface area contributed by atoms with Gasteiger partial charge in [-0.3, -0.25) is 19.7 Å². The first-order valence-corrected chi connectivity index (χ1v) is 9.70. The van der Waals surface area contributed by atoms with Crippen molar-refractivity contribution in [2.75, 3.05) is 5.32 Å². The van der Waals surface area contributed by atoms with Gasteiger partial charge in [0.25, 0.3) is 11.6 Å². The highest BCUT2D eigenvalue weighted by Crippen LogP contribution is 2.28. The molecule has 3 aromatic carbocycles. The maximum Gasteiger partial charge on any atom is 0.311 e. The van der Waals surface area contributed by atoms with Gasteiger partial charge in [-0.1, -0.05) is 60.7 Å². The number of carbonyl (C=O) groups is 2. The molecule has 1 atom stereocenters. The molecule has 0 spiro atoms. The van der Waals surface area contributed by atoms with Crippen LogP contribution >= 0.6 is 0 Å². The summed E-state index contributed by atoms with van der Waals surface area (Å²) in [4.78, 5) is 36.4. The summed E-state index contributed by atoms with van der Waals surface area (Å²) in [6.07, 6.45) is -1.24. The molecule has 7 nitrogen and oxygen atoms in total. The van der Waals surface area contributed by atoms with Gasteiger partial charge >= 0.3 is 5.97 Å². The SMILES string of the molecule is Cc1ccc(NC(=O)C(OC(=O)Cc2ccccc2C)c2ccccc2)c([N+](=O)[O-])c1. The summed E-state index contributed by atoms with van der Waals surface area (Å²) >= 11 is 0.